The van der Waals surface area contributed by atoms with Crippen LogP contribution in [0.15, 0.2) is 40.1 Å². The Morgan fingerprint density at radius 1 is 1.26 bits per heavy atom. The van der Waals surface area contributed by atoms with Crippen molar-refractivity contribution < 1.29 is 4.79 Å². The van der Waals surface area contributed by atoms with Crippen molar-refractivity contribution in [3.05, 3.63) is 62.1 Å². The van der Waals surface area contributed by atoms with Crippen molar-refractivity contribution in [1.29, 1.82) is 0 Å². The van der Waals surface area contributed by atoms with E-state index >= 15 is 0 Å². The van der Waals surface area contributed by atoms with Crippen molar-refractivity contribution in [1.82, 2.24) is 4.90 Å². The van der Waals surface area contributed by atoms with Gasteiger partial charge in [0.15, 0.2) is 0 Å². The van der Waals surface area contributed by atoms with Gasteiger partial charge < -0.3 is 4.90 Å². The van der Waals surface area contributed by atoms with E-state index in [1.807, 2.05) is 35.0 Å². The molecule has 0 aromatic carbocycles. The monoisotopic (exact) mass is 347 g/mol. The first kappa shape index (κ1) is 17.5. The molecule has 7 heteroatoms. The number of amides is 1. The molecule has 0 saturated carbocycles. The predicted molar refractivity (Wildman–Crippen MR) is 95.0 cm³/mol. The lowest BCUT2D eigenvalue weighted by Gasteiger charge is -2.24. The van der Waals surface area contributed by atoms with Crippen LogP contribution in [0.1, 0.15) is 29.0 Å². The van der Waals surface area contributed by atoms with Gasteiger partial charge in [0, 0.05) is 14.7 Å². The van der Waals surface area contributed by atoms with Crippen LogP contribution in [0.25, 0.3) is 10.4 Å². The molecule has 0 aliphatic carbocycles. The SMILES string of the molecule is [CH2]CCC[C@@H](N=[N+]=[N-])C(=O)N(Cc1cccs1)Cc1cccs1. The van der Waals surface area contributed by atoms with Crippen LogP contribution < -0.4 is 0 Å². The topological polar surface area (TPSA) is 69.1 Å². The van der Waals surface area contributed by atoms with Gasteiger partial charge in [-0.2, -0.15) is 0 Å². The van der Waals surface area contributed by atoms with Gasteiger partial charge in [0.05, 0.1) is 13.1 Å². The van der Waals surface area contributed by atoms with Crippen molar-refractivity contribution in [2.45, 2.75) is 38.4 Å². The van der Waals surface area contributed by atoms with E-state index in [0.29, 0.717) is 19.5 Å². The van der Waals surface area contributed by atoms with Crippen molar-refractivity contribution in [2.24, 2.45) is 5.11 Å². The Bertz CT molecular complexity index is 597. The number of thiophene rings is 2. The summed E-state index contributed by atoms with van der Waals surface area (Å²) in [4.78, 5) is 19.7. The third-order valence-corrected chi connectivity index (χ3v) is 5.09. The molecule has 0 spiro atoms. The second kappa shape index (κ2) is 9.35. The highest BCUT2D eigenvalue weighted by Gasteiger charge is 2.24. The highest BCUT2D eigenvalue weighted by molar-refractivity contribution is 7.10. The fourth-order valence-electron chi connectivity index (χ4n) is 2.23. The first-order chi connectivity index (χ1) is 11.2. The molecule has 0 N–H and O–H groups in total. The summed E-state index contributed by atoms with van der Waals surface area (Å²) in [5, 5.41) is 7.70. The molecular weight excluding hydrogens is 328 g/mol. The third kappa shape index (κ3) is 5.39. The number of hydrogen-bond acceptors (Lipinski definition) is 4. The van der Waals surface area contributed by atoms with E-state index in [1.54, 1.807) is 27.6 Å². The van der Waals surface area contributed by atoms with Gasteiger partial charge in [0.2, 0.25) is 5.91 Å². The fraction of sp³-hybridized carbons (Fsp3) is 0.375. The van der Waals surface area contributed by atoms with Gasteiger partial charge in [-0.3, -0.25) is 4.79 Å². The number of carbonyl (C=O) groups excluding carboxylic acids is 1. The molecule has 0 saturated heterocycles. The summed E-state index contributed by atoms with van der Waals surface area (Å²) in [5.74, 6) is -0.113. The highest BCUT2D eigenvalue weighted by atomic mass is 32.1. The molecule has 1 atom stereocenters. The minimum absolute atomic E-state index is 0.113. The van der Waals surface area contributed by atoms with Crippen molar-refractivity contribution >= 4 is 28.6 Å². The lowest BCUT2D eigenvalue weighted by molar-refractivity contribution is -0.133. The maximum Gasteiger partial charge on any atom is 0.232 e. The van der Waals surface area contributed by atoms with Crippen LogP contribution >= 0.6 is 22.7 Å². The normalized spacial score (nSPS) is 11.7. The Hall–Kier alpha value is -1.82. The Morgan fingerprint density at radius 3 is 2.30 bits per heavy atom. The molecule has 1 amide bonds. The second-order valence-electron chi connectivity index (χ2n) is 5.07. The van der Waals surface area contributed by atoms with Gasteiger partial charge in [-0.05, 0) is 34.8 Å². The fourth-order valence-corrected chi connectivity index (χ4v) is 3.67. The molecule has 2 aromatic heterocycles. The van der Waals surface area contributed by atoms with E-state index in [1.165, 1.54) is 0 Å². The molecule has 2 heterocycles. The van der Waals surface area contributed by atoms with Crippen LogP contribution in [0, 0.1) is 6.92 Å². The van der Waals surface area contributed by atoms with Crippen molar-refractivity contribution in [3.63, 3.8) is 0 Å². The summed E-state index contributed by atoms with van der Waals surface area (Å²) in [6.45, 7) is 4.86. The summed E-state index contributed by atoms with van der Waals surface area (Å²) in [6.07, 6.45) is 2.03. The maximum absolute atomic E-state index is 12.8. The van der Waals surface area contributed by atoms with Gasteiger partial charge in [0.25, 0.3) is 0 Å². The number of nitrogens with zero attached hydrogens (tertiary/aromatic N) is 4. The standard InChI is InChI=1S/C16H19N4OS2/c1-2-3-8-15(18-19-17)16(21)20(11-13-6-4-9-22-13)12-14-7-5-10-23-14/h4-7,9-10,15H,1-3,8,11-12H2/t15-/m1/s1. The number of azide groups is 1. The molecule has 23 heavy (non-hydrogen) atoms. The number of hydrogen-bond donors (Lipinski definition) is 0. The Kier molecular flexibility index (Phi) is 7.13. The van der Waals surface area contributed by atoms with Crippen LogP contribution in [0.2, 0.25) is 0 Å². The smallest absolute Gasteiger partial charge is 0.232 e. The summed E-state index contributed by atoms with van der Waals surface area (Å²) in [5.41, 5.74) is 8.76. The van der Waals surface area contributed by atoms with Gasteiger partial charge in [0.1, 0.15) is 6.04 Å². The summed E-state index contributed by atoms with van der Waals surface area (Å²) >= 11 is 3.24. The predicted octanol–water partition coefficient (Wildman–Crippen LogP) is 5.02. The van der Waals surface area contributed by atoms with Gasteiger partial charge in [-0.25, -0.2) is 0 Å². The van der Waals surface area contributed by atoms with E-state index in [0.717, 1.165) is 22.6 Å². The molecule has 2 aromatic rings. The zero-order valence-corrected chi connectivity index (χ0v) is 14.4. The number of carbonyl (C=O) groups is 1. The van der Waals surface area contributed by atoms with E-state index < -0.39 is 6.04 Å². The number of rotatable bonds is 9. The zero-order chi connectivity index (χ0) is 16.5. The second-order valence-corrected chi connectivity index (χ2v) is 7.13. The highest BCUT2D eigenvalue weighted by Crippen LogP contribution is 2.20. The molecule has 0 bridgehead atoms. The zero-order valence-electron chi connectivity index (χ0n) is 12.8. The summed E-state index contributed by atoms with van der Waals surface area (Å²) in [7, 11) is 0. The van der Waals surface area contributed by atoms with E-state index in [4.69, 9.17) is 5.53 Å². The molecule has 0 fully saturated rings. The molecule has 5 nitrogen and oxygen atoms in total. The van der Waals surface area contributed by atoms with Gasteiger partial charge in [-0.15, -0.1) is 22.7 Å². The van der Waals surface area contributed by atoms with Gasteiger partial charge >= 0.3 is 0 Å². The van der Waals surface area contributed by atoms with Crippen LogP contribution in [0.5, 0.6) is 0 Å². The van der Waals surface area contributed by atoms with Crippen LogP contribution in [0.3, 0.4) is 0 Å². The van der Waals surface area contributed by atoms with E-state index in [-0.39, 0.29) is 5.91 Å². The third-order valence-electron chi connectivity index (χ3n) is 3.37. The van der Waals surface area contributed by atoms with Crippen LogP contribution in [-0.4, -0.2) is 16.8 Å². The quantitative estimate of drug-likeness (QED) is 0.356. The molecule has 0 unspecified atom stereocenters. The summed E-state index contributed by atoms with van der Waals surface area (Å²) in [6, 6.07) is 7.32. The van der Waals surface area contributed by atoms with Crippen molar-refractivity contribution in [3.8, 4) is 0 Å². The lowest BCUT2D eigenvalue weighted by atomic mass is 10.1. The Morgan fingerprint density at radius 2 is 1.87 bits per heavy atom. The Labute approximate surface area is 144 Å². The largest absolute Gasteiger partial charge is 0.332 e. The van der Waals surface area contributed by atoms with E-state index in [9.17, 15) is 4.79 Å². The minimum atomic E-state index is -0.651. The van der Waals surface area contributed by atoms with Crippen molar-refractivity contribution in [2.75, 3.05) is 0 Å². The number of unbranched alkanes of at least 4 members (excludes halogenated alkanes) is 1. The van der Waals surface area contributed by atoms with Crippen LogP contribution in [-0.2, 0) is 17.9 Å². The van der Waals surface area contributed by atoms with Gasteiger partial charge in [-0.1, -0.05) is 37.0 Å². The Balaban J connectivity index is 2.15. The summed E-state index contributed by atoms with van der Waals surface area (Å²) < 4.78 is 0. The first-order valence-corrected chi connectivity index (χ1v) is 9.17. The van der Waals surface area contributed by atoms with Crippen LogP contribution in [0.4, 0.5) is 0 Å². The molecule has 0 aliphatic rings. The lowest BCUT2D eigenvalue weighted by Crippen LogP contribution is -2.37. The molecule has 1 radical (unpaired) electrons. The van der Waals surface area contributed by atoms with E-state index in [2.05, 4.69) is 16.9 Å². The molecule has 121 valence electrons. The minimum Gasteiger partial charge on any atom is -0.332 e. The average molecular weight is 347 g/mol. The first-order valence-electron chi connectivity index (χ1n) is 7.41. The maximum atomic E-state index is 12.8. The average Bonchev–Trinajstić information content (AvgIpc) is 3.24. The molecule has 0 aliphatic heterocycles. The molecule has 2 rings (SSSR count). The molecular formula is C16H19N4OS2.